The van der Waals surface area contributed by atoms with Crippen molar-refractivity contribution in [3.8, 4) is 0 Å². The van der Waals surface area contributed by atoms with E-state index in [4.69, 9.17) is 0 Å². The molecule has 2 aromatic rings. The molecule has 0 radical (unpaired) electrons. The summed E-state index contributed by atoms with van der Waals surface area (Å²) in [4.78, 5) is 32.3. The molecule has 1 aliphatic heterocycles. The van der Waals surface area contributed by atoms with Crippen LogP contribution in [0.25, 0.3) is 0 Å². The van der Waals surface area contributed by atoms with E-state index in [0.29, 0.717) is 38.0 Å². The molecule has 25 heavy (non-hydrogen) atoms. The molecule has 0 aliphatic carbocycles. The lowest BCUT2D eigenvalue weighted by molar-refractivity contribution is -0.0273. The number of piperidine rings is 1. The molecule has 9 heteroatoms. The summed E-state index contributed by atoms with van der Waals surface area (Å²) in [6.07, 6.45) is 4.39. The van der Waals surface area contributed by atoms with Crippen molar-refractivity contribution in [3.63, 3.8) is 0 Å². The van der Waals surface area contributed by atoms with Crippen molar-refractivity contribution < 1.29 is 24.7 Å². The van der Waals surface area contributed by atoms with Crippen LogP contribution in [-0.4, -0.2) is 62.4 Å². The molecule has 0 spiro atoms. The fourth-order valence-electron chi connectivity index (χ4n) is 3.06. The molecule has 0 unspecified atom stereocenters. The lowest BCUT2D eigenvalue weighted by atomic mass is 9.76. The van der Waals surface area contributed by atoms with Crippen LogP contribution in [0.3, 0.4) is 0 Å². The number of aldehydes is 1. The van der Waals surface area contributed by atoms with Gasteiger partial charge in [0, 0.05) is 49.5 Å². The van der Waals surface area contributed by atoms with E-state index in [0.717, 1.165) is 0 Å². The van der Waals surface area contributed by atoms with E-state index < -0.39 is 12.7 Å². The van der Waals surface area contributed by atoms with E-state index >= 15 is 0 Å². The zero-order chi connectivity index (χ0) is 18.0. The Hall–Kier alpha value is -2.49. The normalized spacial score (nSPS) is 16.5. The third kappa shape index (κ3) is 3.34. The predicted molar refractivity (Wildman–Crippen MR) is 89.3 cm³/mol. The lowest BCUT2D eigenvalue weighted by Gasteiger charge is -2.37. The van der Waals surface area contributed by atoms with Gasteiger partial charge in [0.2, 0.25) is 0 Å². The highest BCUT2D eigenvalue weighted by Gasteiger charge is 2.37. The second kappa shape index (κ2) is 6.79. The first-order valence-corrected chi connectivity index (χ1v) is 7.91. The molecule has 4 N–H and O–H groups in total. The summed E-state index contributed by atoms with van der Waals surface area (Å²) in [5, 5.41) is 29.1. The molecule has 2 heterocycles. The van der Waals surface area contributed by atoms with Gasteiger partial charge < -0.3 is 25.0 Å². The zero-order valence-electron chi connectivity index (χ0n) is 13.4. The minimum Gasteiger partial charge on any atom is -0.423 e. The maximum absolute atomic E-state index is 12.6. The van der Waals surface area contributed by atoms with Gasteiger partial charge in [-0.15, -0.1) is 0 Å². The molecule has 1 fully saturated rings. The first-order valence-electron chi connectivity index (χ1n) is 7.91. The van der Waals surface area contributed by atoms with Crippen LogP contribution in [0.2, 0.25) is 0 Å². The molecule has 1 aromatic carbocycles. The number of carbonyl (C=O) groups is 2. The Balaban J connectivity index is 1.74. The lowest BCUT2D eigenvalue weighted by Crippen LogP contribution is -2.45. The largest absolute Gasteiger partial charge is 0.489 e. The van der Waals surface area contributed by atoms with Crippen molar-refractivity contribution in [1.82, 2.24) is 14.9 Å². The van der Waals surface area contributed by atoms with Crippen molar-refractivity contribution in [2.45, 2.75) is 18.4 Å². The summed E-state index contributed by atoms with van der Waals surface area (Å²) in [5.74, 6) is 0.215. The molecule has 1 aliphatic rings. The zero-order valence-corrected chi connectivity index (χ0v) is 13.4. The van der Waals surface area contributed by atoms with Crippen LogP contribution in [0.5, 0.6) is 0 Å². The maximum atomic E-state index is 12.6. The third-order valence-electron chi connectivity index (χ3n) is 4.56. The molecular formula is C16H18BN3O5. The molecule has 0 saturated carbocycles. The van der Waals surface area contributed by atoms with Crippen LogP contribution >= 0.6 is 0 Å². The molecule has 0 atom stereocenters. The Labute approximate surface area is 144 Å². The molecular weight excluding hydrogens is 325 g/mol. The van der Waals surface area contributed by atoms with Crippen molar-refractivity contribution in [2.75, 3.05) is 13.1 Å². The second-order valence-electron chi connectivity index (χ2n) is 6.10. The van der Waals surface area contributed by atoms with E-state index in [-0.39, 0.29) is 22.5 Å². The van der Waals surface area contributed by atoms with Crippen LogP contribution < -0.4 is 5.46 Å². The molecule has 1 aromatic heterocycles. The van der Waals surface area contributed by atoms with Crippen LogP contribution in [0, 0.1) is 0 Å². The molecule has 1 saturated heterocycles. The average molecular weight is 343 g/mol. The molecule has 8 nitrogen and oxygen atoms in total. The third-order valence-corrected chi connectivity index (χ3v) is 4.56. The van der Waals surface area contributed by atoms with Gasteiger partial charge in [0.1, 0.15) is 17.7 Å². The molecule has 3 rings (SSSR count). The van der Waals surface area contributed by atoms with Gasteiger partial charge in [0.05, 0.1) is 0 Å². The number of hydrogen-bond acceptors (Lipinski definition) is 6. The maximum Gasteiger partial charge on any atom is 0.489 e. The standard InChI is InChI=1S/C16H18BN3O5/c21-10-12-9-11(1-2-13(12)17(24)25)14(22)20-7-3-16(23,4-8-20)15-18-5-6-19-15/h1-2,5-6,9-10,23-25H,3-4,7-8H2,(H,18,19). The van der Waals surface area contributed by atoms with E-state index in [1.165, 1.54) is 18.2 Å². The van der Waals surface area contributed by atoms with Crippen molar-refractivity contribution in [1.29, 1.82) is 0 Å². The smallest absolute Gasteiger partial charge is 0.423 e. The first-order chi connectivity index (χ1) is 11.9. The minimum absolute atomic E-state index is 0.0531. The van der Waals surface area contributed by atoms with Crippen molar-refractivity contribution in [2.24, 2.45) is 0 Å². The van der Waals surface area contributed by atoms with Gasteiger partial charge in [-0.2, -0.15) is 0 Å². The van der Waals surface area contributed by atoms with E-state index in [1.54, 1.807) is 17.3 Å². The average Bonchev–Trinajstić information content (AvgIpc) is 3.16. The highest BCUT2D eigenvalue weighted by Crippen LogP contribution is 2.30. The molecule has 130 valence electrons. The number of nitrogens with zero attached hydrogens (tertiary/aromatic N) is 2. The Bertz CT molecular complexity index is 770. The number of imidazole rings is 1. The highest BCUT2D eigenvalue weighted by atomic mass is 16.4. The molecule has 0 bridgehead atoms. The minimum atomic E-state index is -1.78. The summed E-state index contributed by atoms with van der Waals surface area (Å²) in [5.41, 5.74) is -0.684. The van der Waals surface area contributed by atoms with Crippen LogP contribution in [0.4, 0.5) is 0 Å². The van der Waals surface area contributed by atoms with E-state index in [9.17, 15) is 24.7 Å². The number of aliphatic hydroxyl groups is 1. The van der Waals surface area contributed by atoms with Crippen molar-refractivity contribution in [3.05, 3.63) is 47.5 Å². The van der Waals surface area contributed by atoms with Gasteiger partial charge in [0.25, 0.3) is 5.91 Å². The van der Waals surface area contributed by atoms with Gasteiger partial charge in [-0.25, -0.2) is 4.98 Å². The van der Waals surface area contributed by atoms with Crippen LogP contribution in [0.1, 0.15) is 39.4 Å². The summed E-state index contributed by atoms with van der Waals surface area (Å²) in [7, 11) is -1.78. The second-order valence-corrected chi connectivity index (χ2v) is 6.10. The van der Waals surface area contributed by atoms with Gasteiger partial charge >= 0.3 is 7.12 Å². The SMILES string of the molecule is O=Cc1cc(C(=O)N2CCC(O)(c3ncc[nH]3)CC2)ccc1B(O)O. The number of nitrogens with one attached hydrogen (secondary N) is 1. The number of amides is 1. The number of likely N-dealkylation sites (tertiary alicyclic amines) is 1. The number of carbonyl (C=O) groups excluding carboxylic acids is 2. The monoisotopic (exact) mass is 343 g/mol. The number of hydrogen-bond donors (Lipinski definition) is 4. The predicted octanol–water partition coefficient (Wildman–Crippen LogP) is -0.974. The van der Waals surface area contributed by atoms with E-state index in [1.807, 2.05) is 0 Å². The van der Waals surface area contributed by atoms with Gasteiger partial charge in [0.15, 0.2) is 0 Å². The summed E-state index contributed by atoms with van der Waals surface area (Å²) >= 11 is 0. The summed E-state index contributed by atoms with van der Waals surface area (Å²) < 4.78 is 0. The van der Waals surface area contributed by atoms with E-state index in [2.05, 4.69) is 9.97 Å². The number of benzene rings is 1. The summed E-state index contributed by atoms with van der Waals surface area (Å²) in [6.45, 7) is 0.688. The number of H-pyrrole nitrogens is 1. The Morgan fingerprint density at radius 3 is 2.60 bits per heavy atom. The van der Waals surface area contributed by atoms with Gasteiger partial charge in [-0.3, -0.25) is 9.59 Å². The topological polar surface area (TPSA) is 127 Å². The fraction of sp³-hybridized carbons (Fsp3) is 0.312. The Morgan fingerprint density at radius 2 is 2.04 bits per heavy atom. The molecule has 1 amide bonds. The summed E-state index contributed by atoms with van der Waals surface area (Å²) in [6, 6.07) is 4.15. The Kier molecular flexibility index (Phi) is 4.71. The van der Waals surface area contributed by atoms with Gasteiger partial charge in [-0.1, -0.05) is 6.07 Å². The quantitative estimate of drug-likeness (QED) is 0.418. The van der Waals surface area contributed by atoms with Crippen LogP contribution in [0.15, 0.2) is 30.6 Å². The van der Waals surface area contributed by atoms with Gasteiger partial charge in [-0.05, 0) is 17.6 Å². The number of rotatable bonds is 4. The number of aromatic amines is 1. The Morgan fingerprint density at radius 1 is 1.32 bits per heavy atom. The van der Waals surface area contributed by atoms with Crippen molar-refractivity contribution >= 4 is 24.8 Å². The number of aromatic nitrogens is 2. The fourth-order valence-corrected chi connectivity index (χ4v) is 3.06. The van der Waals surface area contributed by atoms with Crippen LogP contribution in [-0.2, 0) is 5.60 Å². The highest BCUT2D eigenvalue weighted by molar-refractivity contribution is 6.60. The first kappa shape index (κ1) is 17.3.